The second-order valence-electron chi connectivity index (χ2n) is 4.08. The van der Waals surface area contributed by atoms with E-state index in [2.05, 4.69) is 67.6 Å². The van der Waals surface area contributed by atoms with E-state index in [0.29, 0.717) is 0 Å². The summed E-state index contributed by atoms with van der Waals surface area (Å²) in [5.41, 5.74) is 0. The van der Waals surface area contributed by atoms with Crippen LogP contribution in [0.3, 0.4) is 0 Å². The van der Waals surface area contributed by atoms with E-state index in [1.54, 1.807) is 23.5 Å². The number of thioether (sulfide) groups is 2. The van der Waals surface area contributed by atoms with Crippen LogP contribution in [0.1, 0.15) is 0 Å². The van der Waals surface area contributed by atoms with E-state index in [9.17, 15) is 0 Å². The van der Waals surface area contributed by atoms with Gasteiger partial charge in [-0.15, -0.1) is 23.5 Å². The third kappa shape index (κ3) is 3.22. The second-order valence-corrected chi connectivity index (χ2v) is 8.25. The van der Waals surface area contributed by atoms with E-state index in [0.717, 1.165) is 0 Å². The van der Waals surface area contributed by atoms with Crippen LogP contribution in [-0.2, 0) is 0 Å². The van der Waals surface area contributed by atoms with Gasteiger partial charge in [-0.25, -0.2) is 0 Å². The molecule has 93 valence electrons. The molecule has 0 saturated carbocycles. The van der Waals surface area contributed by atoms with Gasteiger partial charge in [-0.3, -0.25) is 0 Å². The van der Waals surface area contributed by atoms with Crippen molar-refractivity contribution < 1.29 is 0 Å². The van der Waals surface area contributed by atoms with Gasteiger partial charge in [-0.1, -0.05) is 41.2 Å². The van der Waals surface area contributed by atoms with Crippen LogP contribution in [0.2, 0.25) is 6.55 Å². The fourth-order valence-corrected chi connectivity index (χ4v) is 4.33. The largest absolute Gasteiger partial charge is 0.130 e. The molecule has 0 spiro atoms. The van der Waals surface area contributed by atoms with Crippen molar-refractivity contribution in [3.63, 3.8) is 0 Å². The molecule has 0 heterocycles. The minimum atomic E-state index is -0.612. The lowest BCUT2D eigenvalue weighted by atomic mass is 10.4. The zero-order chi connectivity index (χ0) is 13.0. The minimum Gasteiger partial charge on any atom is -0.130 e. The first-order chi connectivity index (χ1) is 8.74. The predicted octanol–water partition coefficient (Wildman–Crippen LogP) is 3.37. The minimum absolute atomic E-state index is 0.612. The smallest absolute Gasteiger partial charge is 0.118 e. The van der Waals surface area contributed by atoms with Crippen molar-refractivity contribution in [2.75, 3.05) is 12.5 Å². The molecular formula is C15H17S2Si. The highest BCUT2D eigenvalue weighted by molar-refractivity contribution is 7.98. The van der Waals surface area contributed by atoms with Crippen LogP contribution < -0.4 is 10.4 Å². The normalized spacial score (nSPS) is 10.9. The lowest BCUT2D eigenvalue weighted by Crippen LogP contribution is -2.38. The van der Waals surface area contributed by atoms with Crippen molar-refractivity contribution >= 4 is 42.7 Å². The summed E-state index contributed by atoms with van der Waals surface area (Å²) in [6.07, 6.45) is 4.24. The Hall–Kier alpha value is -0.643. The Bertz CT molecular complexity index is 443. The van der Waals surface area contributed by atoms with Crippen LogP contribution in [0.25, 0.3) is 0 Å². The van der Waals surface area contributed by atoms with Gasteiger partial charge in [0.15, 0.2) is 0 Å². The Kier molecular flexibility index (Phi) is 4.98. The first kappa shape index (κ1) is 13.8. The van der Waals surface area contributed by atoms with Crippen LogP contribution >= 0.6 is 23.5 Å². The summed E-state index contributed by atoms with van der Waals surface area (Å²) in [6.45, 7) is 2.37. The quantitative estimate of drug-likeness (QED) is 0.625. The standard InChI is InChI=1S/C15H17S2Si/c1-16-12-4-8-14(9-5-12)18(3)15-10-6-13(17-2)7-11-15/h4-11H,1-3H3. The molecule has 0 aliphatic rings. The fourth-order valence-electron chi connectivity index (χ4n) is 1.85. The summed E-state index contributed by atoms with van der Waals surface area (Å²) in [4.78, 5) is 2.68. The van der Waals surface area contributed by atoms with E-state index >= 15 is 0 Å². The molecular weight excluding hydrogens is 272 g/mol. The number of rotatable bonds is 4. The van der Waals surface area contributed by atoms with Gasteiger partial charge in [0.1, 0.15) is 8.80 Å². The summed E-state index contributed by atoms with van der Waals surface area (Å²) in [6, 6.07) is 18.0. The van der Waals surface area contributed by atoms with Crippen molar-refractivity contribution in [2.45, 2.75) is 16.3 Å². The van der Waals surface area contributed by atoms with Gasteiger partial charge in [0.05, 0.1) is 0 Å². The molecule has 2 aromatic rings. The van der Waals surface area contributed by atoms with Gasteiger partial charge in [0.2, 0.25) is 0 Å². The third-order valence-corrected chi connectivity index (χ3v) is 6.93. The van der Waals surface area contributed by atoms with Crippen LogP contribution in [0.15, 0.2) is 58.3 Å². The summed E-state index contributed by atoms with van der Waals surface area (Å²) in [7, 11) is -0.612. The first-order valence-electron chi connectivity index (χ1n) is 5.87. The highest BCUT2D eigenvalue weighted by atomic mass is 32.2. The molecule has 0 atom stereocenters. The number of hydrogen-bond donors (Lipinski definition) is 0. The molecule has 0 amide bonds. The Morgan fingerprint density at radius 2 is 1.00 bits per heavy atom. The monoisotopic (exact) mass is 289 g/mol. The lowest BCUT2D eigenvalue weighted by Gasteiger charge is -2.11. The second kappa shape index (κ2) is 6.50. The van der Waals surface area contributed by atoms with Crippen LogP contribution in [0.5, 0.6) is 0 Å². The maximum atomic E-state index is 2.37. The molecule has 0 aliphatic heterocycles. The average molecular weight is 290 g/mol. The SMILES string of the molecule is CSc1ccc([Si](C)c2ccc(SC)cc2)cc1. The summed E-state index contributed by atoms with van der Waals surface area (Å²) in [5, 5.41) is 2.96. The van der Waals surface area contributed by atoms with E-state index in [-0.39, 0.29) is 0 Å². The van der Waals surface area contributed by atoms with Crippen LogP contribution in [0, 0.1) is 0 Å². The predicted molar refractivity (Wildman–Crippen MR) is 87.3 cm³/mol. The summed E-state index contributed by atoms with van der Waals surface area (Å²) in [5.74, 6) is 0. The first-order valence-corrected chi connectivity index (χ1v) is 10.3. The molecule has 0 bridgehead atoms. The van der Waals surface area contributed by atoms with Crippen LogP contribution in [-0.4, -0.2) is 21.3 Å². The van der Waals surface area contributed by atoms with E-state index in [1.165, 1.54) is 20.2 Å². The van der Waals surface area contributed by atoms with Crippen molar-refractivity contribution in [1.29, 1.82) is 0 Å². The van der Waals surface area contributed by atoms with Crippen LogP contribution in [0.4, 0.5) is 0 Å². The summed E-state index contributed by atoms with van der Waals surface area (Å²) < 4.78 is 0. The zero-order valence-corrected chi connectivity index (χ0v) is 13.6. The Morgan fingerprint density at radius 3 is 1.28 bits per heavy atom. The highest BCUT2D eigenvalue weighted by Crippen LogP contribution is 2.13. The van der Waals surface area contributed by atoms with Gasteiger partial charge in [0.25, 0.3) is 0 Å². The van der Waals surface area contributed by atoms with Crippen molar-refractivity contribution in [1.82, 2.24) is 0 Å². The van der Waals surface area contributed by atoms with Gasteiger partial charge < -0.3 is 0 Å². The van der Waals surface area contributed by atoms with E-state index < -0.39 is 8.80 Å². The van der Waals surface area contributed by atoms with Crippen molar-refractivity contribution in [3.05, 3.63) is 48.5 Å². The van der Waals surface area contributed by atoms with Gasteiger partial charge in [-0.05, 0) is 36.8 Å². The zero-order valence-electron chi connectivity index (χ0n) is 10.9. The average Bonchev–Trinajstić information content (AvgIpc) is 2.47. The highest BCUT2D eigenvalue weighted by Gasteiger charge is 2.10. The molecule has 2 aromatic carbocycles. The maximum Gasteiger partial charge on any atom is 0.118 e. The molecule has 2 rings (SSSR count). The maximum absolute atomic E-state index is 2.37. The van der Waals surface area contributed by atoms with E-state index in [4.69, 9.17) is 0 Å². The van der Waals surface area contributed by atoms with E-state index in [1.807, 2.05) is 0 Å². The molecule has 3 heteroatoms. The fraction of sp³-hybridized carbons (Fsp3) is 0.200. The number of benzene rings is 2. The molecule has 0 aromatic heterocycles. The molecule has 0 aliphatic carbocycles. The Labute approximate surface area is 120 Å². The molecule has 0 fully saturated rings. The molecule has 1 radical (unpaired) electrons. The van der Waals surface area contributed by atoms with Crippen molar-refractivity contribution in [3.8, 4) is 0 Å². The molecule has 0 saturated heterocycles. The van der Waals surface area contributed by atoms with Gasteiger partial charge in [0, 0.05) is 9.79 Å². The van der Waals surface area contributed by atoms with Gasteiger partial charge in [-0.2, -0.15) is 0 Å². The molecule has 0 N–H and O–H groups in total. The van der Waals surface area contributed by atoms with Gasteiger partial charge >= 0.3 is 0 Å². The Balaban J connectivity index is 2.20. The summed E-state index contributed by atoms with van der Waals surface area (Å²) >= 11 is 3.60. The molecule has 0 unspecified atom stereocenters. The third-order valence-electron chi connectivity index (χ3n) is 3.05. The lowest BCUT2D eigenvalue weighted by molar-refractivity contribution is 1.48. The topological polar surface area (TPSA) is 0 Å². The molecule has 18 heavy (non-hydrogen) atoms. The molecule has 0 nitrogen and oxygen atoms in total. The van der Waals surface area contributed by atoms with Crippen molar-refractivity contribution in [2.24, 2.45) is 0 Å². The number of hydrogen-bond acceptors (Lipinski definition) is 2. The Morgan fingerprint density at radius 1 is 0.667 bits per heavy atom.